The summed E-state index contributed by atoms with van der Waals surface area (Å²) in [7, 11) is -4.91. The zero-order valence-electron chi connectivity index (χ0n) is 11.5. The fourth-order valence-electron chi connectivity index (χ4n) is 2.36. The monoisotopic (exact) mass is 346 g/mol. The van der Waals surface area contributed by atoms with Crippen LogP contribution in [0.15, 0.2) is 11.1 Å². The highest BCUT2D eigenvalue weighted by Gasteiger charge is 2.36. The second kappa shape index (κ2) is 5.67. The number of nitrogens with one attached hydrogen (secondary N) is 1. The fraction of sp³-hybridized carbons (Fsp3) is 0.500. The summed E-state index contributed by atoms with van der Waals surface area (Å²) >= 11 is 0. The highest BCUT2D eigenvalue weighted by Crippen LogP contribution is 2.35. The predicted octanol–water partition coefficient (Wildman–Crippen LogP) is -2.17. The quantitative estimate of drug-likeness (QED) is 0.443. The maximum Gasteiger partial charge on any atom is 0.280 e. The molecule has 1 aliphatic heterocycles. The van der Waals surface area contributed by atoms with E-state index < -0.39 is 38.4 Å². The Morgan fingerprint density at radius 2 is 2.39 bits per heavy atom. The number of nitrogens with two attached hydrogens (primary N) is 1. The zero-order valence-corrected chi connectivity index (χ0v) is 12.4. The van der Waals surface area contributed by atoms with Gasteiger partial charge in [-0.15, -0.1) is 0 Å². The van der Waals surface area contributed by atoms with Gasteiger partial charge in [-0.25, -0.2) is 4.98 Å². The number of fused-ring (bicyclic) bond motifs is 1. The van der Waals surface area contributed by atoms with E-state index in [4.69, 9.17) is 15.4 Å². The first-order valence-electron chi connectivity index (χ1n) is 6.49. The first-order chi connectivity index (χ1) is 10.7. The average Bonchev–Trinajstić information content (AvgIpc) is 2.99. The molecule has 4 atom stereocenters. The van der Waals surface area contributed by atoms with Crippen LogP contribution >= 0.6 is 7.82 Å². The molecule has 3 heterocycles. The number of H-pyrrole nitrogens is 1. The molecule has 126 valence electrons. The molecule has 0 bridgehead atoms. The number of phosphoric ester groups is 1. The number of rotatable bonds is 4. The third kappa shape index (κ3) is 3.27. The molecule has 3 rings (SSSR count). The molecule has 0 spiro atoms. The van der Waals surface area contributed by atoms with Gasteiger partial charge in [-0.05, 0) is 0 Å². The summed E-state index contributed by atoms with van der Waals surface area (Å²) in [4.78, 5) is 41.1. The smallest absolute Gasteiger partial charge is 0.280 e. The van der Waals surface area contributed by atoms with Crippen molar-refractivity contribution in [1.82, 2.24) is 19.5 Å². The van der Waals surface area contributed by atoms with Gasteiger partial charge in [0.05, 0.1) is 19.0 Å². The van der Waals surface area contributed by atoms with Gasteiger partial charge < -0.3 is 29.9 Å². The number of ether oxygens (including phenoxy) is 1. The van der Waals surface area contributed by atoms with Crippen LogP contribution in [-0.2, 0) is 13.8 Å². The molecule has 0 aromatic carbocycles. The van der Waals surface area contributed by atoms with Crippen LogP contribution in [-0.4, -0.2) is 48.3 Å². The number of nitrogen functional groups attached to an aromatic ring is 1. The van der Waals surface area contributed by atoms with Crippen molar-refractivity contribution in [3.05, 3.63) is 16.7 Å². The van der Waals surface area contributed by atoms with Gasteiger partial charge in [-0.3, -0.25) is 18.9 Å². The van der Waals surface area contributed by atoms with Crippen molar-refractivity contribution < 1.29 is 28.7 Å². The molecule has 2 aromatic rings. The summed E-state index contributed by atoms with van der Waals surface area (Å²) in [6, 6.07) is 0. The van der Waals surface area contributed by atoms with E-state index in [1.807, 2.05) is 0 Å². The largest absolute Gasteiger partial charge is 0.756 e. The molecule has 12 nitrogen and oxygen atoms in total. The van der Waals surface area contributed by atoms with Crippen LogP contribution in [0.1, 0.15) is 12.6 Å². The van der Waals surface area contributed by atoms with Crippen molar-refractivity contribution in [2.45, 2.75) is 24.9 Å². The third-order valence-electron chi connectivity index (χ3n) is 3.37. The minimum Gasteiger partial charge on any atom is -0.756 e. The minimum atomic E-state index is -4.91. The summed E-state index contributed by atoms with van der Waals surface area (Å²) in [5.74, 6) is -0.102. The van der Waals surface area contributed by atoms with Crippen LogP contribution in [0.4, 0.5) is 5.95 Å². The summed E-state index contributed by atoms with van der Waals surface area (Å²) in [5.41, 5.74) is 5.19. The van der Waals surface area contributed by atoms with E-state index in [-0.39, 0.29) is 23.5 Å². The standard InChI is InChI=1S/C10H14N5O7P/c11-10-13-8-7(9(17)14-10)12-3-15(8)6-1-4(16)5(22-6)2-21-23(18,19)20/h3-6,16H,1-2H2,(H2,18,19,20)(H3,11,13,14,17)/p-1. The Balaban J connectivity index is 1.84. The van der Waals surface area contributed by atoms with Crippen molar-refractivity contribution in [3.63, 3.8) is 0 Å². The van der Waals surface area contributed by atoms with Crippen molar-refractivity contribution >= 4 is 24.9 Å². The Morgan fingerprint density at radius 3 is 3.09 bits per heavy atom. The van der Waals surface area contributed by atoms with E-state index in [1.165, 1.54) is 10.9 Å². The first kappa shape index (κ1) is 16.1. The number of aliphatic hydroxyl groups is 1. The number of phosphoric acid groups is 1. The Labute approximate surface area is 128 Å². The predicted molar refractivity (Wildman–Crippen MR) is 72.9 cm³/mol. The SMILES string of the molecule is Nc1nc2c(ncn2C2CC(O)C(COP(=O)([O-])O)O2)c(=O)[nH]1. The molecule has 0 amide bonds. The fourth-order valence-corrected chi connectivity index (χ4v) is 2.69. The van der Waals surface area contributed by atoms with Gasteiger partial charge >= 0.3 is 0 Å². The number of imidazole rings is 1. The number of hydrogen-bond acceptors (Lipinski definition) is 9. The number of anilines is 1. The van der Waals surface area contributed by atoms with E-state index >= 15 is 0 Å². The number of aliphatic hydroxyl groups excluding tert-OH is 1. The van der Waals surface area contributed by atoms with Crippen molar-refractivity contribution in [3.8, 4) is 0 Å². The van der Waals surface area contributed by atoms with E-state index in [0.717, 1.165) is 0 Å². The minimum absolute atomic E-state index is 0.0522. The summed E-state index contributed by atoms with van der Waals surface area (Å²) in [6.07, 6.45) is -1.38. The van der Waals surface area contributed by atoms with Crippen LogP contribution in [0.25, 0.3) is 11.2 Å². The Kier molecular flexibility index (Phi) is 3.96. The van der Waals surface area contributed by atoms with E-state index in [9.17, 15) is 19.4 Å². The number of aromatic nitrogens is 4. The van der Waals surface area contributed by atoms with E-state index in [1.54, 1.807) is 0 Å². The van der Waals surface area contributed by atoms with Crippen LogP contribution < -0.4 is 16.2 Å². The summed E-state index contributed by atoms with van der Waals surface area (Å²) in [5, 5.41) is 9.91. The molecule has 1 saturated heterocycles. The lowest BCUT2D eigenvalue weighted by Crippen LogP contribution is -2.26. The summed E-state index contributed by atoms with van der Waals surface area (Å²) < 4.78 is 21.7. The lowest BCUT2D eigenvalue weighted by atomic mass is 10.2. The van der Waals surface area contributed by atoms with Gasteiger partial charge in [0.25, 0.3) is 13.4 Å². The van der Waals surface area contributed by atoms with Gasteiger partial charge in [0.2, 0.25) is 5.95 Å². The van der Waals surface area contributed by atoms with Crippen LogP contribution in [0, 0.1) is 0 Å². The first-order valence-corrected chi connectivity index (χ1v) is 7.98. The second-order valence-corrected chi connectivity index (χ2v) is 6.17. The maximum atomic E-state index is 11.7. The van der Waals surface area contributed by atoms with Crippen molar-refractivity contribution in [2.75, 3.05) is 12.3 Å². The van der Waals surface area contributed by atoms with Gasteiger partial charge in [-0.2, -0.15) is 4.98 Å². The van der Waals surface area contributed by atoms with Gasteiger partial charge in [0, 0.05) is 6.42 Å². The summed E-state index contributed by atoms with van der Waals surface area (Å²) in [6.45, 7) is -0.544. The maximum absolute atomic E-state index is 11.7. The Hall–Kier alpha value is -1.82. The molecule has 13 heteroatoms. The molecule has 0 aliphatic carbocycles. The number of aromatic amines is 1. The molecular formula is C10H13N5O7P-. The van der Waals surface area contributed by atoms with Crippen LogP contribution in [0.3, 0.4) is 0 Å². The van der Waals surface area contributed by atoms with Gasteiger partial charge in [0.1, 0.15) is 12.3 Å². The molecule has 4 unspecified atom stereocenters. The number of nitrogens with zero attached hydrogens (tertiary/aromatic N) is 3. The van der Waals surface area contributed by atoms with E-state index in [2.05, 4.69) is 19.5 Å². The van der Waals surface area contributed by atoms with Crippen LogP contribution in [0.5, 0.6) is 0 Å². The Bertz CT molecular complexity index is 829. The Morgan fingerprint density at radius 1 is 1.65 bits per heavy atom. The number of hydrogen-bond donors (Lipinski definition) is 4. The highest BCUT2D eigenvalue weighted by molar-refractivity contribution is 7.44. The molecule has 1 aliphatic rings. The molecule has 5 N–H and O–H groups in total. The zero-order chi connectivity index (χ0) is 16.8. The van der Waals surface area contributed by atoms with Gasteiger partial charge in [-0.1, -0.05) is 0 Å². The highest BCUT2D eigenvalue weighted by atomic mass is 31.2. The molecular weight excluding hydrogens is 333 g/mol. The topological polar surface area (TPSA) is 189 Å². The average molecular weight is 346 g/mol. The van der Waals surface area contributed by atoms with Crippen molar-refractivity contribution in [1.29, 1.82) is 0 Å². The van der Waals surface area contributed by atoms with Crippen LogP contribution in [0.2, 0.25) is 0 Å². The third-order valence-corrected chi connectivity index (χ3v) is 3.84. The lowest BCUT2D eigenvalue weighted by Gasteiger charge is -2.20. The lowest BCUT2D eigenvalue weighted by molar-refractivity contribution is -0.222. The molecule has 23 heavy (non-hydrogen) atoms. The normalized spacial score (nSPS) is 27.3. The second-order valence-electron chi connectivity index (χ2n) is 4.97. The molecule has 0 saturated carbocycles. The van der Waals surface area contributed by atoms with E-state index in [0.29, 0.717) is 0 Å². The van der Waals surface area contributed by atoms with Gasteiger partial charge in [0.15, 0.2) is 11.2 Å². The molecule has 1 fully saturated rings. The molecule has 0 radical (unpaired) electrons. The molecule has 2 aromatic heterocycles. The van der Waals surface area contributed by atoms with Crippen molar-refractivity contribution in [2.24, 2.45) is 0 Å².